The molecule has 21 heavy (non-hydrogen) atoms. The van der Waals surface area contributed by atoms with Crippen molar-refractivity contribution in [2.45, 2.75) is 63.6 Å². The van der Waals surface area contributed by atoms with Crippen molar-refractivity contribution in [3.05, 3.63) is 26.6 Å². The van der Waals surface area contributed by atoms with Gasteiger partial charge in [0.2, 0.25) is 0 Å². The number of hydrogen-bond donors (Lipinski definition) is 1. The second kappa shape index (κ2) is 6.59. The molecule has 1 unspecified atom stereocenters. The molecule has 0 bridgehead atoms. The third-order valence-corrected chi connectivity index (χ3v) is 6.05. The molecule has 4 heteroatoms. The molecule has 1 saturated carbocycles. The summed E-state index contributed by atoms with van der Waals surface area (Å²) in [6.07, 6.45) is 9.39. The third kappa shape index (κ3) is 3.65. The Kier molecular flexibility index (Phi) is 4.97. The van der Waals surface area contributed by atoms with Crippen LogP contribution in [-0.2, 0) is 4.74 Å². The van der Waals surface area contributed by atoms with Crippen LogP contribution in [0.2, 0.25) is 0 Å². The number of rotatable bonds is 3. The molecule has 1 spiro atoms. The zero-order valence-corrected chi connectivity index (χ0v) is 15.7. The number of benzene rings is 1. The molecule has 2 nitrogen and oxygen atoms in total. The Morgan fingerprint density at radius 2 is 1.81 bits per heavy atom. The minimum absolute atomic E-state index is 0.215. The van der Waals surface area contributed by atoms with Crippen LogP contribution in [0.25, 0.3) is 0 Å². The van der Waals surface area contributed by atoms with Crippen molar-refractivity contribution in [1.82, 2.24) is 0 Å². The normalized spacial score (nSPS) is 24.4. The van der Waals surface area contributed by atoms with E-state index in [1.807, 2.05) is 0 Å². The van der Waals surface area contributed by atoms with Crippen molar-refractivity contribution in [2.24, 2.45) is 0 Å². The lowest BCUT2D eigenvalue weighted by Crippen LogP contribution is -2.33. The molecule has 2 aliphatic rings. The molecular formula is C17H23Br2NO. The Morgan fingerprint density at radius 1 is 1.14 bits per heavy atom. The molecule has 1 saturated heterocycles. The summed E-state index contributed by atoms with van der Waals surface area (Å²) in [7, 11) is 0. The first-order valence-electron chi connectivity index (χ1n) is 7.95. The van der Waals surface area contributed by atoms with E-state index in [1.54, 1.807) is 0 Å². The molecule has 116 valence electrons. The van der Waals surface area contributed by atoms with Gasteiger partial charge in [-0.2, -0.15) is 0 Å². The van der Waals surface area contributed by atoms with Gasteiger partial charge < -0.3 is 10.1 Å². The van der Waals surface area contributed by atoms with Gasteiger partial charge in [-0.05, 0) is 82.2 Å². The van der Waals surface area contributed by atoms with E-state index >= 15 is 0 Å². The number of aryl methyl sites for hydroxylation is 1. The lowest BCUT2D eigenvalue weighted by molar-refractivity contribution is -0.0588. The fraction of sp³-hybridized carbons (Fsp3) is 0.647. The second-order valence-corrected chi connectivity index (χ2v) is 8.22. The first-order valence-corrected chi connectivity index (χ1v) is 9.54. The molecule has 3 rings (SSSR count). The smallest absolute Gasteiger partial charge is 0.0756 e. The van der Waals surface area contributed by atoms with Crippen molar-refractivity contribution in [3.8, 4) is 0 Å². The summed E-state index contributed by atoms with van der Waals surface area (Å²) >= 11 is 7.29. The largest absolute Gasteiger partial charge is 0.381 e. The van der Waals surface area contributed by atoms with Crippen molar-refractivity contribution in [2.75, 3.05) is 11.9 Å². The van der Waals surface area contributed by atoms with Gasteiger partial charge in [0.05, 0.1) is 17.4 Å². The first-order chi connectivity index (χ1) is 10.1. The molecule has 1 aromatic carbocycles. The van der Waals surface area contributed by atoms with E-state index in [2.05, 4.69) is 56.2 Å². The number of anilines is 1. The monoisotopic (exact) mass is 415 g/mol. The Hall–Kier alpha value is -0.0600. The van der Waals surface area contributed by atoms with Crippen molar-refractivity contribution >= 4 is 37.5 Å². The molecule has 0 aromatic heterocycles. The maximum atomic E-state index is 6.42. The maximum Gasteiger partial charge on any atom is 0.0756 e. The highest BCUT2D eigenvalue weighted by Crippen LogP contribution is 2.42. The van der Waals surface area contributed by atoms with E-state index < -0.39 is 0 Å². The number of hydrogen-bond acceptors (Lipinski definition) is 2. The summed E-state index contributed by atoms with van der Waals surface area (Å²) in [6, 6.07) is 4.29. The predicted octanol–water partition coefficient (Wildman–Crippen LogP) is 5.81. The lowest BCUT2D eigenvalue weighted by Gasteiger charge is -2.33. The van der Waals surface area contributed by atoms with Crippen LogP contribution in [0.15, 0.2) is 21.1 Å². The van der Waals surface area contributed by atoms with Crippen molar-refractivity contribution in [1.29, 1.82) is 0 Å². The van der Waals surface area contributed by atoms with Crippen LogP contribution in [0.5, 0.6) is 0 Å². The van der Waals surface area contributed by atoms with Crippen LogP contribution in [0.4, 0.5) is 5.69 Å². The van der Waals surface area contributed by atoms with Crippen LogP contribution >= 0.6 is 31.9 Å². The molecule has 1 heterocycles. The maximum absolute atomic E-state index is 6.42. The van der Waals surface area contributed by atoms with E-state index in [9.17, 15) is 0 Å². The Morgan fingerprint density at radius 3 is 2.48 bits per heavy atom. The molecule has 1 aliphatic carbocycles. The number of ether oxygens (including phenoxy) is 1. The first kappa shape index (κ1) is 15.8. The summed E-state index contributed by atoms with van der Waals surface area (Å²) < 4.78 is 8.64. The average molecular weight is 417 g/mol. The summed E-state index contributed by atoms with van der Waals surface area (Å²) in [5.74, 6) is 0. The van der Waals surface area contributed by atoms with Crippen LogP contribution < -0.4 is 5.32 Å². The van der Waals surface area contributed by atoms with E-state index in [0.717, 1.165) is 21.2 Å². The molecule has 2 fully saturated rings. The highest BCUT2D eigenvalue weighted by atomic mass is 79.9. The van der Waals surface area contributed by atoms with Crippen molar-refractivity contribution < 1.29 is 4.74 Å². The van der Waals surface area contributed by atoms with Gasteiger partial charge >= 0.3 is 0 Å². The number of halogens is 2. The molecule has 0 amide bonds. The number of nitrogens with one attached hydrogen (secondary N) is 1. The van der Waals surface area contributed by atoms with Gasteiger partial charge in [-0.15, -0.1) is 0 Å². The van der Waals surface area contributed by atoms with Crippen LogP contribution in [0, 0.1) is 6.92 Å². The van der Waals surface area contributed by atoms with Crippen molar-refractivity contribution in [3.63, 3.8) is 0 Å². The summed E-state index contributed by atoms with van der Waals surface area (Å²) in [4.78, 5) is 0. The van der Waals surface area contributed by atoms with E-state index in [-0.39, 0.29) is 5.60 Å². The topological polar surface area (TPSA) is 21.3 Å². The zero-order valence-electron chi connectivity index (χ0n) is 12.6. The van der Waals surface area contributed by atoms with Gasteiger partial charge in [-0.25, -0.2) is 0 Å². The minimum Gasteiger partial charge on any atom is -0.381 e. The zero-order chi connectivity index (χ0) is 14.9. The second-order valence-electron chi connectivity index (χ2n) is 6.51. The molecule has 1 atom stereocenters. The third-order valence-electron chi connectivity index (χ3n) is 4.80. The van der Waals surface area contributed by atoms with E-state index in [4.69, 9.17) is 4.74 Å². The molecule has 1 aliphatic heterocycles. The van der Waals surface area contributed by atoms with Gasteiger partial charge in [0.1, 0.15) is 0 Å². The molecular weight excluding hydrogens is 394 g/mol. The highest BCUT2D eigenvalue weighted by molar-refractivity contribution is 9.11. The lowest BCUT2D eigenvalue weighted by atomic mass is 9.83. The fourth-order valence-electron chi connectivity index (χ4n) is 3.69. The summed E-state index contributed by atoms with van der Waals surface area (Å²) in [5.41, 5.74) is 2.60. The molecule has 0 radical (unpaired) electrons. The summed E-state index contributed by atoms with van der Waals surface area (Å²) in [6.45, 7) is 2.99. The van der Waals surface area contributed by atoms with Gasteiger partial charge in [0.25, 0.3) is 0 Å². The Balaban J connectivity index is 1.59. The van der Waals surface area contributed by atoms with E-state index in [0.29, 0.717) is 6.10 Å². The standard InChI is InChI=1S/C17H23Br2NO/c1-12-9-14(18)16(15(19)10-12)20-11-13-5-8-17(21-13)6-3-2-4-7-17/h9-10,13,20H,2-8,11H2,1H3. The van der Waals surface area contributed by atoms with E-state index in [1.165, 1.54) is 50.5 Å². The summed E-state index contributed by atoms with van der Waals surface area (Å²) in [5, 5.41) is 3.55. The van der Waals surface area contributed by atoms with Gasteiger partial charge in [-0.1, -0.05) is 19.3 Å². The van der Waals surface area contributed by atoms with Gasteiger partial charge in [-0.3, -0.25) is 0 Å². The van der Waals surface area contributed by atoms with Crippen LogP contribution in [-0.4, -0.2) is 18.2 Å². The minimum atomic E-state index is 0.215. The van der Waals surface area contributed by atoms with Crippen LogP contribution in [0.3, 0.4) is 0 Å². The average Bonchev–Trinajstić information content (AvgIpc) is 2.81. The molecule has 1 N–H and O–H groups in total. The van der Waals surface area contributed by atoms with Gasteiger partial charge in [0, 0.05) is 15.5 Å². The predicted molar refractivity (Wildman–Crippen MR) is 95.0 cm³/mol. The van der Waals surface area contributed by atoms with Crippen LogP contribution in [0.1, 0.15) is 50.5 Å². The molecule has 1 aromatic rings. The van der Waals surface area contributed by atoms with Gasteiger partial charge in [0.15, 0.2) is 0 Å². The Bertz CT molecular complexity index is 489. The Labute approximate surface area is 144 Å². The quantitative estimate of drug-likeness (QED) is 0.670. The SMILES string of the molecule is Cc1cc(Br)c(NCC2CCC3(CCCCC3)O2)c(Br)c1. The highest BCUT2D eigenvalue weighted by Gasteiger charge is 2.40. The fourth-order valence-corrected chi connectivity index (χ4v) is 5.38.